The van der Waals surface area contributed by atoms with Crippen LogP contribution in [0.1, 0.15) is 22.3 Å². The van der Waals surface area contributed by atoms with E-state index in [9.17, 15) is 4.79 Å². The predicted molar refractivity (Wildman–Crippen MR) is 89.5 cm³/mol. The Morgan fingerprint density at radius 3 is 2.65 bits per heavy atom. The second-order valence-electron chi connectivity index (χ2n) is 5.41. The van der Waals surface area contributed by atoms with Crippen LogP contribution in [0, 0.1) is 13.8 Å². The van der Waals surface area contributed by atoms with Crippen molar-refractivity contribution < 1.29 is 14.3 Å². The second-order valence-corrected chi connectivity index (χ2v) is 5.41. The lowest BCUT2D eigenvalue weighted by atomic mass is 10.1. The van der Waals surface area contributed by atoms with Gasteiger partial charge in [0.25, 0.3) is 0 Å². The lowest BCUT2D eigenvalue weighted by Crippen LogP contribution is -2.05. The van der Waals surface area contributed by atoms with E-state index in [4.69, 9.17) is 9.47 Å². The van der Waals surface area contributed by atoms with Crippen molar-refractivity contribution in [1.29, 1.82) is 0 Å². The van der Waals surface area contributed by atoms with Crippen molar-refractivity contribution in [2.45, 2.75) is 13.8 Å². The van der Waals surface area contributed by atoms with Gasteiger partial charge in [0.2, 0.25) is 5.90 Å². The lowest BCUT2D eigenvalue weighted by Gasteiger charge is -2.03. The van der Waals surface area contributed by atoms with E-state index in [1.54, 1.807) is 13.2 Å². The average Bonchev–Trinajstić information content (AvgIpc) is 2.91. The highest BCUT2D eigenvalue weighted by molar-refractivity contribution is 6.12. The Hall–Kier alpha value is -2.88. The van der Waals surface area contributed by atoms with E-state index >= 15 is 0 Å². The predicted octanol–water partition coefficient (Wildman–Crippen LogP) is 3.66. The topological polar surface area (TPSA) is 47.9 Å². The van der Waals surface area contributed by atoms with E-state index in [0.29, 0.717) is 5.90 Å². The first-order chi connectivity index (χ1) is 11.1. The number of benzene rings is 2. The smallest absolute Gasteiger partial charge is 0.363 e. The summed E-state index contributed by atoms with van der Waals surface area (Å²) in [7, 11) is 1.60. The van der Waals surface area contributed by atoms with Gasteiger partial charge in [-0.25, -0.2) is 9.79 Å². The molecule has 1 heterocycles. The lowest BCUT2D eigenvalue weighted by molar-refractivity contribution is -0.129. The van der Waals surface area contributed by atoms with Gasteiger partial charge in [0.05, 0.1) is 7.11 Å². The summed E-state index contributed by atoms with van der Waals surface area (Å²) in [4.78, 5) is 16.4. The van der Waals surface area contributed by atoms with E-state index < -0.39 is 5.97 Å². The fourth-order valence-corrected chi connectivity index (χ4v) is 2.30. The first-order valence-corrected chi connectivity index (χ1v) is 7.31. The van der Waals surface area contributed by atoms with Gasteiger partial charge >= 0.3 is 5.97 Å². The molecule has 0 radical (unpaired) electrons. The average molecular weight is 307 g/mol. The number of aliphatic imine (C=N–C) groups is 1. The molecule has 4 heteroatoms. The number of carbonyl (C=O) groups is 1. The summed E-state index contributed by atoms with van der Waals surface area (Å²) in [6.45, 7) is 4.05. The number of hydrogen-bond acceptors (Lipinski definition) is 4. The van der Waals surface area contributed by atoms with Gasteiger partial charge in [-0.2, -0.15) is 0 Å². The standard InChI is InChI=1S/C19H17NO3/c1-12-7-8-15(9-13(12)2)18-20-17(19(21)23-18)11-14-5-4-6-16(10-14)22-3/h4-11H,1-3H3. The van der Waals surface area contributed by atoms with Gasteiger partial charge in [-0.1, -0.05) is 18.2 Å². The maximum atomic E-state index is 12.0. The maximum absolute atomic E-state index is 12.0. The zero-order valence-electron chi connectivity index (χ0n) is 13.3. The number of carbonyl (C=O) groups excluding carboxylic acids is 1. The SMILES string of the molecule is COc1cccc(C=C2N=C(c3ccc(C)c(C)c3)OC2=O)c1. The van der Waals surface area contributed by atoms with Crippen LogP contribution < -0.4 is 4.74 Å². The quantitative estimate of drug-likeness (QED) is 0.642. The molecule has 0 spiro atoms. The number of methoxy groups -OCH3 is 1. The Kier molecular flexibility index (Phi) is 3.98. The Bertz CT molecular complexity index is 834. The molecule has 0 bridgehead atoms. The van der Waals surface area contributed by atoms with Crippen LogP contribution in [0.3, 0.4) is 0 Å². The molecule has 3 rings (SSSR count). The fourth-order valence-electron chi connectivity index (χ4n) is 2.30. The molecule has 0 aliphatic carbocycles. The van der Waals surface area contributed by atoms with Crippen LogP contribution in [0.25, 0.3) is 6.08 Å². The summed E-state index contributed by atoms with van der Waals surface area (Å²) >= 11 is 0. The number of cyclic esters (lactones) is 1. The Balaban J connectivity index is 1.94. The number of hydrogen-bond donors (Lipinski definition) is 0. The van der Waals surface area contributed by atoms with Crippen LogP contribution in [0.15, 0.2) is 53.2 Å². The van der Waals surface area contributed by atoms with Crippen LogP contribution in [-0.4, -0.2) is 19.0 Å². The molecule has 0 atom stereocenters. The number of esters is 1. The minimum Gasteiger partial charge on any atom is -0.497 e. The van der Waals surface area contributed by atoms with E-state index in [-0.39, 0.29) is 5.70 Å². The van der Waals surface area contributed by atoms with Gasteiger partial charge in [0.1, 0.15) is 5.75 Å². The highest BCUT2D eigenvalue weighted by Crippen LogP contribution is 2.22. The third-order valence-corrected chi connectivity index (χ3v) is 3.77. The Labute approximate surface area is 135 Å². The summed E-state index contributed by atoms with van der Waals surface area (Å²) in [5.41, 5.74) is 4.24. The highest BCUT2D eigenvalue weighted by atomic mass is 16.6. The fraction of sp³-hybridized carbons (Fsp3) is 0.158. The molecule has 1 aliphatic heterocycles. The Morgan fingerprint density at radius 1 is 1.09 bits per heavy atom. The van der Waals surface area contributed by atoms with Crippen molar-refractivity contribution in [2.24, 2.45) is 4.99 Å². The molecule has 1 aliphatic rings. The monoisotopic (exact) mass is 307 g/mol. The molecule has 2 aromatic rings. The summed E-state index contributed by atoms with van der Waals surface area (Å²) in [5, 5.41) is 0. The number of nitrogens with zero attached hydrogens (tertiary/aromatic N) is 1. The summed E-state index contributed by atoms with van der Waals surface area (Å²) in [5.74, 6) is 0.623. The minimum absolute atomic E-state index is 0.284. The third-order valence-electron chi connectivity index (χ3n) is 3.77. The summed E-state index contributed by atoms with van der Waals surface area (Å²) in [6, 6.07) is 13.3. The van der Waals surface area contributed by atoms with Crippen LogP contribution >= 0.6 is 0 Å². The van der Waals surface area contributed by atoms with E-state index in [0.717, 1.165) is 22.4 Å². The van der Waals surface area contributed by atoms with Gasteiger partial charge in [0, 0.05) is 5.56 Å². The van der Waals surface area contributed by atoms with Gasteiger partial charge in [-0.3, -0.25) is 0 Å². The molecular weight excluding hydrogens is 290 g/mol. The first-order valence-electron chi connectivity index (χ1n) is 7.31. The molecule has 2 aromatic carbocycles. The molecule has 0 aromatic heterocycles. The normalized spacial score (nSPS) is 15.5. The van der Waals surface area contributed by atoms with E-state index in [1.807, 2.05) is 56.3 Å². The molecule has 116 valence electrons. The summed E-state index contributed by atoms with van der Waals surface area (Å²) in [6.07, 6.45) is 1.69. The van der Waals surface area contributed by atoms with Crippen LogP contribution in [-0.2, 0) is 9.53 Å². The molecule has 0 unspecified atom stereocenters. The first kappa shape index (κ1) is 15.0. The molecular formula is C19H17NO3. The van der Waals surface area contributed by atoms with E-state index in [1.165, 1.54) is 5.56 Å². The largest absolute Gasteiger partial charge is 0.497 e. The molecule has 0 amide bonds. The van der Waals surface area contributed by atoms with Gasteiger partial charge in [0.15, 0.2) is 5.70 Å². The van der Waals surface area contributed by atoms with Crippen molar-refractivity contribution in [3.05, 3.63) is 70.4 Å². The molecule has 0 saturated heterocycles. The number of ether oxygens (including phenoxy) is 2. The van der Waals surface area contributed by atoms with Crippen LogP contribution in [0.5, 0.6) is 5.75 Å². The Morgan fingerprint density at radius 2 is 1.91 bits per heavy atom. The van der Waals surface area contributed by atoms with Gasteiger partial charge in [-0.15, -0.1) is 0 Å². The maximum Gasteiger partial charge on any atom is 0.363 e. The molecule has 23 heavy (non-hydrogen) atoms. The van der Waals surface area contributed by atoms with E-state index in [2.05, 4.69) is 4.99 Å². The van der Waals surface area contributed by atoms with Crippen LogP contribution in [0.4, 0.5) is 0 Å². The zero-order valence-corrected chi connectivity index (χ0v) is 13.3. The minimum atomic E-state index is -0.443. The van der Waals surface area contributed by atoms with Crippen LogP contribution in [0.2, 0.25) is 0 Å². The van der Waals surface area contributed by atoms with Crippen molar-refractivity contribution >= 4 is 17.9 Å². The highest BCUT2D eigenvalue weighted by Gasteiger charge is 2.24. The molecule has 0 fully saturated rings. The zero-order chi connectivity index (χ0) is 16.4. The molecule has 0 N–H and O–H groups in total. The number of rotatable bonds is 3. The number of aryl methyl sites for hydroxylation is 2. The van der Waals surface area contributed by atoms with Gasteiger partial charge < -0.3 is 9.47 Å². The van der Waals surface area contributed by atoms with Crippen molar-refractivity contribution in [2.75, 3.05) is 7.11 Å². The van der Waals surface area contributed by atoms with Crippen molar-refractivity contribution in [3.8, 4) is 5.75 Å². The molecule has 0 saturated carbocycles. The molecule has 4 nitrogen and oxygen atoms in total. The van der Waals surface area contributed by atoms with Gasteiger partial charge in [-0.05, 0) is 60.9 Å². The second kappa shape index (κ2) is 6.08. The summed E-state index contributed by atoms with van der Waals surface area (Å²) < 4.78 is 10.5. The van der Waals surface area contributed by atoms with Crippen molar-refractivity contribution in [1.82, 2.24) is 0 Å². The third kappa shape index (κ3) is 3.16. The van der Waals surface area contributed by atoms with Crippen molar-refractivity contribution in [3.63, 3.8) is 0 Å².